The maximum atomic E-state index is 15.1. The number of nitrogens with zero attached hydrogens (tertiary/aromatic N) is 11. The Hall–Kier alpha value is -11.9. The quantitative estimate of drug-likeness (QED) is 0.0161. The van der Waals surface area contributed by atoms with Crippen LogP contribution in [0.25, 0.3) is 33.7 Å². The number of ether oxygens (including phenoxy) is 5. The molecule has 0 radical (unpaired) electrons. The zero-order valence-corrected chi connectivity index (χ0v) is 94.5. The third-order valence-electron chi connectivity index (χ3n) is 24.5. The minimum atomic E-state index is -4.24. The number of likely N-dealkylation sites (N-methyl/N-ethyl adjacent to an activating group) is 3. The minimum absolute atomic E-state index is 0. The van der Waals surface area contributed by atoms with Crippen molar-refractivity contribution in [2.24, 2.45) is 11.8 Å². The number of fused-ring (bicyclic) bond motifs is 1. The number of anilines is 2. The zero-order valence-electron chi connectivity index (χ0n) is 88.1. The Morgan fingerprint density at radius 3 is 1.44 bits per heavy atom. The normalized spacial score (nSPS) is 19.9. The van der Waals surface area contributed by atoms with E-state index in [1.807, 2.05) is 183 Å². The number of aromatic amines is 1. The predicted molar refractivity (Wildman–Crippen MR) is 585 cm³/mol. The van der Waals surface area contributed by atoms with Crippen LogP contribution in [-0.2, 0) is 48.1 Å². The maximum Gasteiger partial charge on any atom is 1.00 e. The Bertz CT molecular complexity index is 6330. The Balaban J connectivity index is 0.000000226. The number of esters is 1. The van der Waals surface area contributed by atoms with Crippen molar-refractivity contribution in [3.05, 3.63) is 284 Å². The van der Waals surface area contributed by atoms with Gasteiger partial charge in [-0.2, -0.15) is 15.3 Å². The Kier molecular flexibility index (Phi) is 46.9. The molecule has 1 saturated heterocycles. The minimum Gasteiger partial charge on any atom is -0.870 e. The van der Waals surface area contributed by atoms with E-state index in [1.165, 1.54) is 51.3 Å². The van der Waals surface area contributed by atoms with Gasteiger partial charge in [0.1, 0.15) is 45.3 Å². The van der Waals surface area contributed by atoms with E-state index in [0.29, 0.717) is 37.3 Å². The van der Waals surface area contributed by atoms with Crippen molar-refractivity contribution in [1.82, 2.24) is 75.3 Å². The van der Waals surface area contributed by atoms with Crippen LogP contribution in [0.4, 0.5) is 35.1 Å². The van der Waals surface area contributed by atoms with Gasteiger partial charge in [0.25, 0.3) is 16.5 Å². The zero-order chi connectivity index (χ0) is 108. The van der Waals surface area contributed by atoms with Crippen molar-refractivity contribution < 1.29 is 105 Å². The summed E-state index contributed by atoms with van der Waals surface area (Å²) in [6.45, 7) is 21.7. The van der Waals surface area contributed by atoms with Gasteiger partial charge in [-0.1, -0.05) is 144 Å². The van der Waals surface area contributed by atoms with Crippen molar-refractivity contribution >= 4 is 146 Å². The molecule has 41 heteroatoms. The molecule has 10 aromatic rings. The van der Waals surface area contributed by atoms with E-state index >= 15 is 4.39 Å². The van der Waals surface area contributed by atoms with Gasteiger partial charge < -0.3 is 75.3 Å². The van der Waals surface area contributed by atoms with Gasteiger partial charge in [-0.25, -0.2) is 51.3 Å². The van der Waals surface area contributed by atoms with Crippen molar-refractivity contribution in [3.63, 3.8) is 0 Å². The second kappa shape index (κ2) is 57.0. The number of H-pyrrole nitrogens is 1. The second-order valence-electron chi connectivity index (χ2n) is 40.9. The largest absolute Gasteiger partial charge is 1.00 e. The van der Waals surface area contributed by atoms with Crippen LogP contribution in [0.3, 0.4) is 0 Å². The smallest absolute Gasteiger partial charge is 0.870 e. The number of hydrogen-bond acceptors (Lipinski definition) is 24. The first-order valence-electron chi connectivity index (χ1n) is 48.6. The van der Waals surface area contributed by atoms with Crippen molar-refractivity contribution in [3.8, 4) is 11.4 Å². The number of rotatable bonds is 19. The van der Waals surface area contributed by atoms with Gasteiger partial charge in [-0.05, 0) is 349 Å². The maximum absolute atomic E-state index is 15.1. The summed E-state index contributed by atoms with van der Waals surface area (Å²) in [7, 11) is 8.03. The summed E-state index contributed by atoms with van der Waals surface area (Å²) in [5, 5.41) is 43.6. The van der Waals surface area contributed by atoms with E-state index in [1.54, 1.807) is 45.6 Å². The number of halogens is 5. The van der Waals surface area contributed by atoms with E-state index in [-0.39, 0.29) is 115 Å². The van der Waals surface area contributed by atoms with Crippen LogP contribution in [0.15, 0.2) is 250 Å². The number of alkyl carbamates (subject to hydrolysis) is 3. The molecule has 5 heterocycles. The van der Waals surface area contributed by atoms with Crippen LogP contribution in [0.1, 0.15) is 187 Å². The van der Waals surface area contributed by atoms with Crippen LogP contribution in [0, 0.1) is 17.7 Å². The number of nitrogens with one attached hydrogen (secondary N) is 6. The summed E-state index contributed by atoms with van der Waals surface area (Å²) in [4.78, 5) is 96.1. The van der Waals surface area contributed by atoms with Gasteiger partial charge in [0.2, 0.25) is 0 Å². The molecule has 6 aliphatic rings. The van der Waals surface area contributed by atoms with E-state index in [9.17, 15) is 42.3 Å². The summed E-state index contributed by atoms with van der Waals surface area (Å²) in [5.74, 6) is -2.74. The van der Waals surface area contributed by atoms with Crippen LogP contribution >= 0.6 is 59.4 Å². The number of carbonyl (C=O) groups excluding carboxylic acids is 5. The molecule has 1 aliphatic heterocycles. The van der Waals surface area contributed by atoms with Gasteiger partial charge in [-0.15, -0.1) is 0 Å². The van der Waals surface area contributed by atoms with Crippen LogP contribution in [0.5, 0.6) is 0 Å². The molecule has 9 N–H and O–H groups in total. The van der Waals surface area contributed by atoms with Gasteiger partial charge in [0.05, 0.1) is 52.0 Å². The summed E-state index contributed by atoms with van der Waals surface area (Å²) < 4.78 is 76.4. The number of hydrogen-bond donors (Lipinski definition) is 8. The molecule has 16 rings (SSSR count). The number of aliphatic carboxylic acids is 1. The number of carboxylic acids is 1. The average Bonchev–Trinajstić information content (AvgIpc) is 0.808. The SMILES string of the molecule is CC(C)(C)OC(=O)N1COC(=O)[C@H]2CC(c3cccc(Br)c3)=CC[C@@H]21.CC(C)(C)OC(=O)N[C@H]1CC=C(c2cccc(Br)c2)C[C@@H]1C(=O)O.CN(C)[C@H]1CC(c2cccc(-n3cccn3)c2)=CC[C@@H]1NC(=O)OC(C)(C)C.CN(C)[C@H]1CC(c2cccc(Br)c2)=CC[C@@H]1NC(=O)OC(C)(C)C.CN(C)[C@H]1C[C@@H](c2cccc(-n3cccn3)c2)CC[C@@H]1Nc1cc(F)c(S(=O)(=O)Nc2ccncn2)cc1Cl.O=CO.[Li+].[OH-].c1cn[nH]c1. The fourth-order valence-corrected chi connectivity index (χ4v) is 20.3. The Morgan fingerprint density at radius 2 is 1.01 bits per heavy atom. The van der Waals surface area contributed by atoms with Crippen molar-refractivity contribution in [2.75, 3.05) is 59.1 Å². The third-order valence-corrected chi connectivity index (χ3v) is 27.7. The molecule has 1 saturated carbocycles. The summed E-state index contributed by atoms with van der Waals surface area (Å²) in [6.07, 6.45) is 28.2. The molecule has 4 aromatic heterocycles. The second-order valence-corrected chi connectivity index (χ2v) is 45.7. The first kappa shape index (κ1) is 123. The summed E-state index contributed by atoms with van der Waals surface area (Å²) >= 11 is 16.9. The molecular formula is C109H137Br3ClFLiN17O17S. The van der Waals surface area contributed by atoms with Crippen LogP contribution < -0.4 is 44.8 Å². The fraction of sp³-hybridized carbons (Fsp3) is 0.413. The van der Waals surface area contributed by atoms with Crippen molar-refractivity contribution in [2.45, 2.75) is 235 Å². The molecule has 0 spiro atoms. The molecule has 11 atom stereocenters. The summed E-state index contributed by atoms with van der Waals surface area (Å²) in [5.41, 5.74) is 10.7. The van der Waals surface area contributed by atoms with Gasteiger partial charge in [-0.3, -0.25) is 29.1 Å². The number of amides is 4. The van der Waals surface area contributed by atoms with Crippen LogP contribution in [-0.4, -0.2) is 246 Å². The Labute approximate surface area is 920 Å². The van der Waals surface area contributed by atoms with Crippen LogP contribution in [0.2, 0.25) is 5.02 Å². The number of aromatic nitrogens is 8. The molecule has 150 heavy (non-hydrogen) atoms. The average molecular weight is 2290 g/mol. The number of carbonyl (C=O) groups is 7. The number of sulfonamides is 1. The van der Waals surface area contributed by atoms with E-state index in [2.05, 4.69) is 226 Å². The molecule has 6 aromatic carbocycles. The van der Waals surface area contributed by atoms with Gasteiger partial charge >= 0.3 is 55.2 Å². The van der Waals surface area contributed by atoms with Gasteiger partial charge in [0, 0.05) is 87.0 Å². The molecular weight excluding hydrogens is 2150 g/mol. The summed E-state index contributed by atoms with van der Waals surface area (Å²) in [6, 6.07) is 50.2. The fourth-order valence-electron chi connectivity index (χ4n) is 17.8. The molecule has 0 bridgehead atoms. The topological polar surface area (TPSA) is 433 Å². The number of benzene rings is 6. The monoisotopic (exact) mass is 2290 g/mol. The van der Waals surface area contributed by atoms with Crippen molar-refractivity contribution in [1.29, 1.82) is 0 Å². The molecule has 802 valence electrons. The standard InChI is InChI=1S/C27H29ClFN7O2S.C22H30N4O2.C19H27BrN2O2.C19H22BrNO4.C18H22BrNO4.C3H4N2.CH2O2.Li.H2O/c1-35(2)25-14-19(18-5-3-6-20(13-18)36-12-4-10-32-36)7-8-23(25)33-24-16-22(29)26(15-21(24)28)39(37,38)34-27-9-11-30-17-31-27;1-22(2,3)28-21(27)24-19-11-10-17(15-20(19)25(4)5)16-8-6-9-18(14-16)26-13-7-12-23-26;1-19(2,3)24-18(23)21-16-10-9-14(12-17(16)22(4)5)13-7-6-8-15(20)11-13;1-19(2,3)25-18(23)21-11-24-17(22)15-10-13(7-8-16(15)21)12-5-4-6-14(20)9-12;1-18(2,3)24-17(23)20-15-8-7-12(10-14(15)16(21)22)11-5-4-6-13(19)9-11;1-2-4-5-3-1;2-1-3;;/h3-6,9-13,15-17,19,23,25,33H,7-8,14H2,1-2H3,(H,30,31,34);6-10,12-14,19-20H,11,15H2,1-5H3,(H,24,27);6-9,11,16-17H,10,12H2,1-5H3,(H,21,23);4-7,9,15-16H,8,10-11H2,1-3H3;4-7,9,14-15H,8,10H2,1-3H3,(H,20,23)(H,21,22);1-3H,(H,4,5);1H,(H,2,3);;1H2/q;;;;;;;+1;/p-1/t19-,23-,25-;19-,20-;16-,17-;15-,16-;14-,15-;;;;/m00000..../s1. The number of allylic oxidation sites excluding steroid dienone is 2. The first-order valence-corrected chi connectivity index (χ1v) is 52.8. The van der Waals surface area contributed by atoms with Gasteiger partial charge in [0.15, 0.2) is 6.73 Å². The van der Waals surface area contributed by atoms with E-state index in [4.69, 9.17) is 45.2 Å². The number of cyclic esters (lactones) is 1. The number of carboxylic acid groups (broad SMARTS) is 2. The van der Waals surface area contributed by atoms with E-state index < -0.39 is 73.3 Å². The first-order chi connectivity index (χ1) is 69.9. The molecule has 5 aliphatic carbocycles. The molecule has 2 fully saturated rings. The van der Waals surface area contributed by atoms with E-state index in [0.717, 1.165) is 104 Å². The molecule has 0 unspecified atom stereocenters. The molecule has 4 amide bonds. The predicted octanol–water partition coefficient (Wildman–Crippen LogP) is 18.8. The third kappa shape index (κ3) is 38.5. The molecule has 34 nitrogen and oxygen atoms in total. The Morgan fingerprint density at radius 1 is 0.553 bits per heavy atom.